The zero-order chi connectivity index (χ0) is 15.3. The Labute approximate surface area is 125 Å². The van der Waals surface area contributed by atoms with Gasteiger partial charge in [0.15, 0.2) is 0 Å². The molecule has 1 heterocycles. The van der Waals surface area contributed by atoms with E-state index in [-0.39, 0.29) is 0 Å². The molecule has 0 aliphatic heterocycles. The number of thiazole rings is 1. The molecular formula is C15H17F3N2S. The second kappa shape index (κ2) is 4.95. The number of hydrogen-bond donors (Lipinski definition) is 1. The first-order valence-corrected chi connectivity index (χ1v) is 7.87. The fraction of sp³-hybridized carbons (Fsp3) is 0.533. The third-order valence-electron chi connectivity index (χ3n) is 4.31. The SMILES string of the molecule is CC1CCC(N)(c2nc3cc(C(F)(F)F)ccc3s2)CC1. The lowest BCUT2D eigenvalue weighted by atomic mass is 9.78. The minimum absolute atomic E-state index is 0.397. The predicted octanol–water partition coefficient (Wildman–Crippen LogP) is 4.68. The Bertz CT molecular complexity index is 654. The van der Waals surface area contributed by atoms with Gasteiger partial charge in [0.05, 0.1) is 21.3 Å². The fourth-order valence-electron chi connectivity index (χ4n) is 2.81. The van der Waals surface area contributed by atoms with E-state index in [1.807, 2.05) is 0 Å². The van der Waals surface area contributed by atoms with Crippen molar-refractivity contribution in [2.24, 2.45) is 11.7 Å². The van der Waals surface area contributed by atoms with Crippen LogP contribution in [0.25, 0.3) is 10.2 Å². The van der Waals surface area contributed by atoms with Crippen molar-refractivity contribution in [3.63, 3.8) is 0 Å². The van der Waals surface area contributed by atoms with Crippen LogP contribution in [-0.4, -0.2) is 4.98 Å². The smallest absolute Gasteiger partial charge is 0.319 e. The zero-order valence-corrected chi connectivity index (χ0v) is 12.5. The van der Waals surface area contributed by atoms with Gasteiger partial charge >= 0.3 is 6.18 Å². The normalized spacial score (nSPS) is 27.2. The van der Waals surface area contributed by atoms with Gasteiger partial charge in [0.1, 0.15) is 5.01 Å². The summed E-state index contributed by atoms with van der Waals surface area (Å²) in [4.78, 5) is 4.40. The van der Waals surface area contributed by atoms with Gasteiger partial charge < -0.3 is 5.73 Å². The number of nitrogens with two attached hydrogens (primary N) is 1. The molecule has 0 amide bonds. The molecule has 6 heteroatoms. The molecule has 1 aromatic heterocycles. The van der Waals surface area contributed by atoms with Gasteiger partial charge in [-0.2, -0.15) is 13.2 Å². The Morgan fingerprint density at radius 3 is 2.57 bits per heavy atom. The van der Waals surface area contributed by atoms with Gasteiger partial charge in [-0.15, -0.1) is 11.3 Å². The monoisotopic (exact) mass is 314 g/mol. The molecule has 0 bridgehead atoms. The minimum Gasteiger partial charge on any atom is -0.319 e. The lowest BCUT2D eigenvalue weighted by Gasteiger charge is -2.34. The molecule has 1 fully saturated rings. The van der Waals surface area contributed by atoms with Crippen molar-refractivity contribution < 1.29 is 13.2 Å². The summed E-state index contributed by atoms with van der Waals surface area (Å²) < 4.78 is 39.0. The fourth-order valence-corrected chi connectivity index (χ4v) is 3.91. The van der Waals surface area contributed by atoms with E-state index < -0.39 is 17.3 Å². The van der Waals surface area contributed by atoms with E-state index in [4.69, 9.17) is 5.73 Å². The molecule has 114 valence electrons. The summed E-state index contributed by atoms with van der Waals surface area (Å²) in [7, 11) is 0. The first-order valence-electron chi connectivity index (χ1n) is 7.05. The molecule has 3 rings (SSSR count). The van der Waals surface area contributed by atoms with Crippen molar-refractivity contribution >= 4 is 21.6 Å². The number of rotatable bonds is 1. The number of benzene rings is 1. The molecule has 0 radical (unpaired) electrons. The summed E-state index contributed by atoms with van der Waals surface area (Å²) in [6, 6.07) is 3.72. The minimum atomic E-state index is -4.33. The summed E-state index contributed by atoms with van der Waals surface area (Å²) >= 11 is 1.42. The molecule has 2 nitrogen and oxygen atoms in total. The Morgan fingerprint density at radius 2 is 1.95 bits per heavy atom. The number of fused-ring (bicyclic) bond motifs is 1. The van der Waals surface area contributed by atoms with Crippen molar-refractivity contribution in [2.45, 2.75) is 44.3 Å². The lowest BCUT2D eigenvalue weighted by Crippen LogP contribution is -2.40. The average molecular weight is 314 g/mol. The molecule has 1 aliphatic carbocycles. The Morgan fingerprint density at radius 1 is 1.29 bits per heavy atom. The Balaban J connectivity index is 1.98. The Kier molecular flexibility index (Phi) is 3.48. The van der Waals surface area contributed by atoms with Crippen molar-refractivity contribution in [3.05, 3.63) is 28.8 Å². The second-order valence-corrected chi connectivity index (χ2v) is 7.07. The van der Waals surface area contributed by atoms with Crippen LogP contribution in [0.5, 0.6) is 0 Å². The van der Waals surface area contributed by atoms with Gasteiger partial charge in [0.25, 0.3) is 0 Å². The van der Waals surface area contributed by atoms with Gasteiger partial charge in [-0.3, -0.25) is 0 Å². The summed E-state index contributed by atoms with van der Waals surface area (Å²) in [5.74, 6) is 0.660. The average Bonchev–Trinajstić information content (AvgIpc) is 2.85. The highest BCUT2D eigenvalue weighted by Crippen LogP contribution is 2.41. The predicted molar refractivity (Wildman–Crippen MR) is 78.1 cm³/mol. The molecule has 0 unspecified atom stereocenters. The standard InChI is InChI=1S/C15H17F3N2S/c1-9-4-6-14(19,7-5-9)13-20-11-8-10(15(16,17)18)2-3-12(11)21-13/h2-3,8-9H,4-7,19H2,1H3. The van der Waals surface area contributed by atoms with Crippen LogP contribution in [0, 0.1) is 5.92 Å². The van der Waals surface area contributed by atoms with E-state index in [0.29, 0.717) is 11.4 Å². The van der Waals surface area contributed by atoms with Crippen LogP contribution in [0.1, 0.15) is 43.2 Å². The van der Waals surface area contributed by atoms with Crippen LogP contribution in [-0.2, 0) is 11.7 Å². The summed E-state index contributed by atoms with van der Waals surface area (Å²) in [5.41, 5.74) is 5.72. The molecule has 0 spiro atoms. The number of alkyl halides is 3. The zero-order valence-electron chi connectivity index (χ0n) is 11.7. The van der Waals surface area contributed by atoms with E-state index in [1.165, 1.54) is 17.4 Å². The maximum absolute atomic E-state index is 12.7. The van der Waals surface area contributed by atoms with Gasteiger partial charge in [0, 0.05) is 0 Å². The maximum atomic E-state index is 12.7. The molecule has 1 saturated carbocycles. The third-order valence-corrected chi connectivity index (χ3v) is 5.56. The van der Waals surface area contributed by atoms with Gasteiger partial charge in [-0.05, 0) is 49.8 Å². The third kappa shape index (κ3) is 2.79. The lowest BCUT2D eigenvalue weighted by molar-refractivity contribution is -0.137. The van der Waals surface area contributed by atoms with Gasteiger partial charge in [-0.1, -0.05) is 6.92 Å². The molecular weight excluding hydrogens is 297 g/mol. The summed E-state index contributed by atoms with van der Waals surface area (Å²) in [5, 5.41) is 0.767. The van der Waals surface area contributed by atoms with Crippen LogP contribution in [0.2, 0.25) is 0 Å². The highest BCUT2D eigenvalue weighted by Gasteiger charge is 2.35. The summed E-state index contributed by atoms with van der Waals surface area (Å²) in [6.07, 6.45) is -0.556. The van der Waals surface area contributed by atoms with Crippen molar-refractivity contribution in [1.29, 1.82) is 0 Å². The first kappa shape index (κ1) is 14.8. The molecule has 2 N–H and O–H groups in total. The molecule has 1 aliphatic rings. The van der Waals surface area contributed by atoms with Crippen molar-refractivity contribution in [1.82, 2.24) is 4.98 Å². The number of halogens is 3. The number of hydrogen-bond acceptors (Lipinski definition) is 3. The van der Waals surface area contributed by atoms with E-state index in [9.17, 15) is 13.2 Å². The first-order chi connectivity index (χ1) is 9.78. The van der Waals surface area contributed by atoms with E-state index >= 15 is 0 Å². The van der Waals surface area contributed by atoms with Crippen LogP contribution in [0.3, 0.4) is 0 Å². The van der Waals surface area contributed by atoms with Crippen LogP contribution < -0.4 is 5.73 Å². The molecule has 21 heavy (non-hydrogen) atoms. The molecule has 0 atom stereocenters. The highest BCUT2D eigenvalue weighted by atomic mass is 32.1. The largest absolute Gasteiger partial charge is 0.416 e. The topological polar surface area (TPSA) is 38.9 Å². The number of aromatic nitrogens is 1. The van der Waals surface area contributed by atoms with E-state index in [1.54, 1.807) is 0 Å². The van der Waals surface area contributed by atoms with Crippen molar-refractivity contribution in [2.75, 3.05) is 0 Å². The van der Waals surface area contributed by atoms with Crippen LogP contribution >= 0.6 is 11.3 Å². The molecule has 0 saturated heterocycles. The van der Waals surface area contributed by atoms with Crippen molar-refractivity contribution in [3.8, 4) is 0 Å². The van der Waals surface area contributed by atoms with Crippen LogP contribution in [0.4, 0.5) is 13.2 Å². The number of nitrogens with zero attached hydrogens (tertiary/aromatic N) is 1. The van der Waals surface area contributed by atoms with E-state index in [2.05, 4.69) is 11.9 Å². The highest BCUT2D eigenvalue weighted by molar-refractivity contribution is 7.18. The van der Waals surface area contributed by atoms with Gasteiger partial charge in [-0.25, -0.2) is 4.98 Å². The molecule has 1 aromatic carbocycles. The maximum Gasteiger partial charge on any atom is 0.416 e. The quantitative estimate of drug-likeness (QED) is 0.830. The van der Waals surface area contributed by atoms with Gasteiger partial charge in [0.2, 0.25) is 0 Å². The summed E-state index contributed by atoms with van der Waals surface area (Å²) in [6.45, 7) is 2.20. The van der Waals surface area contributed by atoms with Crippen LogP contribution in [0.15, 0.2) is 18.2 Å². The van der Waals surface area contributed by atoms with E-state index in [0.717, 1.165) is 47.5 Å². The molecule has 2 aromatic rings. The second-order valence-electron chi connectivity index (χ2n) is 6.04. The Hall–Kier alpha value is -1.14.